The molecule has 2 N–H and O–H groups in total. The SMILES string of the molecule is COc1ccc(Nc2ncnc3sc(C(=O)O)c(C)c23)cc1. The molecule has 0 amide bonds. The van der Waals surface area contributed by atoms with Crippen LogP contribution in [0.1, 0.15) is 15.2 Å². The molecule has 0 fully saturated rings. The molecule has 2 aromatic heterocycles. The van der Waals surface area contributed by atoms with E-state index in [1.807, 2.05) is 24.3 Å². The summed E-state index contributed by atoms with van der Waals surface area (Å²) >= 11 is 1.15. The van der Waals surface area contributed by atoms with Gasteiger partial charge >= 0.3 is 5.97 Å². The molecule has 0 aliphatic heterocycles. The number of thiophene rings is 1. The molecule has 0 bridgehead atoms. The Morgan fingerprint density at radius 2 is 2.00 bits per heavy atom. The predicted octanol–water partition coefficient (Wildman–Crippen LogP) is 3.45. The number of benzene rings is 1. The number of carbonyl (C=O) groups is 1. The van der Waals surface area contributed by atoms with E-state index in [4.69, 9.17) is 4.74 Å². The highest BCUT2D eigenvalue weighted by Gasteiger charge is 2.18. The van der Waals surface area contributed by atoms with Crippen LogP contribution < -0.4 is 10.1 Å². The monoisotopic (exact) mass is 315 g/mol. The summed E-state index contributed by atoms with van der Waals surface area (Å²) in [6.45, 7) is 1.77. The number of hydrogen-bond donors (Lipinski definition) is 2. The van der Waals surface area contributed by atoms with Crippen LogP contribution in [0.3, 0.4) is 0 Å². The summed E-state index contributed by atoms with van der Waals surface area (Å²) < 4.78 is 5.12. The first-order valence-corrected chi connectivity index (χ1v) is 7.30. The summed E-state index contributed by atoms with van der Waals surface area (Å²) in [5.74, 6) is 0.408. The van der Waals surface area contributed by atoms with Crippen molar-refractivity contribution in [2.24, 2.45) is 0 Å². The average molecular weight is 315 g/mol. The van der Waals surface area contributed by atoms with Gasteiger partial charge in [0.2, 0.25) is 0 Å². The van der Waals surface area contributed by atoms with Crippen molar-refractivity contribution >= 4 is 39.0 Å². The topological polar surface area (TPSA) is 84.3 Å². The first-order valence-electron chi connectivity index (χ1n) is 6.48. The summed E-state index contributed by atoms with van der Waals surface area (Å²) in [6, 6.07) is 7.41. The maximum atomic E-state index is 11.3. The van der Waals surface area contributed by atoms with Crippen LogP contribution in [0.15, 0.2) is 30.6 Å². The number of fused-ring (bicyclic) bond motifs is 1. The highest BCUT2D eigenvalue weighted by atomic mass is 32.1. The lowest BCUT2D eigenvalue weighted by Crippen LogP contribution is -1.97. The number of aromatic carboxylic acids is 1. The van der Waals surface area contributed by atoms with Crippen LogP contribution >= 0.6 is 11.3 Å². The van der Waals surface area contributed by atoms with Gasteiger partial charge in [-0.15, -0.1) is 11.3 Å². The van der Waals surface area contributed by atoms with E-state index in [-0.39, 0.29) is 4.88 Å². The van der Waals surface area contributed by atoms with Crippen molar-refractivity contribution < 1.29 is 14.6 Å². The van der Waals surface area contributed by atoms with Crippen molar-refractivity contribution in [1.29, 1.82) is 0 Å². The highest BCUT2D eigenvalue weighted by Crippen LogP contribution is 2.34. The third-order valence-corrected chi connectivity index (χ3v) is 4.46. The lowest BCUT2D eigenvalue weighted by atomic mass is 10.2. The molecule has 0 aliphatic rings. The van der Waals surface area contributed by atoms with Gasteiger partial charge in [-0.05, 0) is 36.8 Å². The Labute approximate surface area is 130 Å². The molecule has 6 nitrogen and oxygen atoms in total. The van der Waals surface area contributed by atoms with Crippen molar-refractivity contribution in [2.75, 3.05) is 12.4 Å². The molecule has 3 rings (SSSR count). The molecule has 0 atom stereocenters. The Kier molecular flexibility index (Phi) is 3.64. The maximum Gasteiger partial charge on any atom is 0.346 e. The minimum absolute atomic E-state index is 0.285. The van der Waals surface area contributed by atoms with Crippen molar-refractivity contribution in [2.45, 2.75) is 6.92 Å². The fourth-order valence-electron chi connectivity index (χ4n) is 2.18. The molecule has 112 valence electrons. The number of hydrogen-bond acceptors (Lipinski definition) is 6. The quantitative estimate of drug-likeness (QED) is 0.767. The van der Waals surface area contributed by atoms with E-state index in [0.717, 1.165) is 28.2 Å². The smallest absolute Gasteiger partial charge is 0.346 e. The highest BCUT2D eigenvalue weighted by molar-refractivity contribution is 7.20. The van der Waals surface area contributed by atoms with E-state index in [2.05, 4.69) is 15.3 Å². The molecular formula is C15H13N3O3S. The van der Waals surface area contributed by atoms with Gasteiger partial charge < -0.3 is 15.2 Å². The van der Waals surface area contributed by atoms with E-state index in [1.54, 1.807) is 14.0 Å². The minimum atomic E-state index is -0.948. The molecule has 0 saturated carbocycles. The van der Waals surface area contributed by atoms with E-state index >= 15 is 0 Å². The third kappa shape index (κ3) is 2.46. The van der Waals surface area contributed by atoms with Gasteiger partial charge in [-0.25, -0.2) is 14.8 Å². The first kappa shape index (κ1) is 14.3. The van der Waals surface area contributed by atoms with Gasteiger partial charge in [0.15, 0.2) is 0 Å². The zero-order valence-corrected chi connectivity index (χ0v) is 12.8. The molecule has 2 heterocycles. The summed E-state index contributed by atoms with van der Waals surface area (Å²) in [6.07, 6.45) is 1.43. The lowest BCUT2D eigenvalue weighted by Gasteiger charge is -2.08. The lowest BCUT2D eigenvalue weighted by molar-refractivity contribution is 0.0701. The van der Waals surface area contributed by atoms with Gasteiger partial charge in [0.05, 0.1) is 12.5 Å². The van der Waals surface area contributed by atoms with Crippen LogP contribution in [0.25, 0.3) is 10.2 Å². The van der Waals surface area contributed by atoms with Gasteiger partial charge in [-0.1, -0.05) is 0 Å². The molecule has 7 heteroatoms. The maximum absolute atomic E-state index is 11.3. The molecule has 0 spiro atoms. The van der Waals surface area contributed by atoms with Crippen LogP contribution in [0.5, 0.6) is 5.75 Å². The Morgan fingerprint density at radius 3 is 2.64 bits per heavy atom. The summed E-state index contributed by atoms with van der Waals surface area (Å²) in [4.78, 5) is 20.6. The number of carboxylic acid groups (broad SMARTS) is 1. The number of ether oxygens (including phenoxy) is 1. The molecular weight excluding hydrogens is 302 g/mol. The zero-order chi connectivity index (χ0) is 15.7. The molecule has 0 aliphatic carbocycles. The van der Waals surface area contributed by atoms with Crippen LogP contribution in [-0.2, 0) is 0 Å². The van der Waals surface area contributed by atoms with Gasteiger partial charge in [0.1, 0.15) is 27.6 Å². The minimum Gasteiger partial charge on any atom is -0.497 e. The summed E-state index contributed by atoms with van der Waals surface area (Å²) in [5.41, 5.74) is 1.51. The fourth-order valence-corrected chi connectivity index (χ4v) is 3.17. The molecule has 22 heavy (non-hydrogen) atoms. The van der Waals surface area contributed by atoms with Crippen LogP contribution in [-0.4, -0.2) is 28.2 Å². The standard InChI is InChI=1S/C15H13N3O3S/c1-8-11-13(18-9-3-5-10(21-2)6-4-9)16-7-17-14(11)22-12(8)15(19)20/h3-7H,1-2H3,(H,19,20)(H,16,17,18). The Morgan fingerprint density at radius 1 is 1.27 bits per heavy atom. The second-order valence-electron chi connectivity index (χ2n) is 4.62. The van der Waals surface area contributed by atoms with Crippen molar-refractivity contribution in [1.82, 2.24) is 9.97 Å². The van der Waals surface area contributed by atoms with E-state index in [9.17, 15) is 9.90 Å². The van der Waals surface area contributed by atoms with Crippen LogP contribution in [0.2, 0.25) is 0 Å². The van der Waals surface area contributed by atoms with Gasteiger partial charge in [0, 0.05) is 5.69 Å². The number of carboxylic acids is 1. The predicted molar refractivity (Wildman–Crippen MR) is 85.4 cm³/mol. The fraction of sp³-hybridized carbons (Fsp3) is 0.133. The van der Waals surface area contributed by atoms with E-state index in [1.165, 1.54) is 6.33 Å². The van der Waals surface area contributed by atoms with Crippen molar-refractivity contribution in [3.05, 3.63) is 41.0 Å². The van der Waals surface area contributed by atoms with Gasteiger partial charge in [-0.2, -0.15) is 0 Å². The number of nitrogens with one attached hydrogen (secondary N) is 1. The Balaban J connectivity index is 2.04. The third-order valence-electron chi connectivity index (χ3n) is 3.27. The largest absolute Gasteiger partial charge is 0.497 e. The van der Waals surface area contributed by atoms with Gasteiger partial charge in [-0.3, -0.25) is 0 Å². The summed E-state index contributed by atoms with van der Waals surface area (Å²) in [5, 5.41) is 13.2. The van der Waals surface area contributed by atoms with Crippen molar-refractivity contribution in [3.63, 3.8) is 0 Å². The number of anilines is 2. The molecule has 3 aromatic rings. The number of aromatic nitrogens is 2. The second kappa shape index (κ2) is 5.61. The Hall–Kier alpha value is -2.67. The van der Waals surface area contributed by atoms with Gasteiger partial charge in [0.25, 0.3) is 0 Å². The Bertz CT molecular complexity index is 843. The molecule has 1 aromatic carbocycles. The zero-order valence-electron chi connectivity index (χ0n) is 12.0. The molecule has 0 unspecified atom stereocenters. The second-order valence-corrected chi connectivity index (χ2v) is 5.62. The molecule has 0 saturated heterocycles. The number of methoxy groups -OCH3 is 1. The number of nitrogens with zero attached hydrogens (tertiary/aromatic N) is 2. The molecule has 0 radical (unpaired) electrons. The summed E-state index contributed by atoms with van der Waals surface area (Å²) in [7, 11) is 1.61. The van der Waals surface area contributed by atoms with E-state index in [0.29, 0.717) is 16.2 Å². The van der Waals surface area contributed by atoms with Crippen LogP contribution in [0.4, 0.5) is 11.5 Å². The van der Waals surface area contributed by atoms with E-state index < -0.39 is 5.97 Å². The number of rotatable bonds is 4. The van der Waals surface area contributed by atoms with Crippen LogP contribution in [0, 0.1) is 6.92 Å². The average Bonchev–Trinajstić information content (AvgIpc) is 2.86. The number of aryl methyl sites for hydroxylation is 1. The van der Waals surface area contributed by atoms with Crippen molar-refractivity contribution in [3.8, 4) is 5.75 Å². The first-order chi connectivity index (χ1) is 10.6. The normalized spacial score (nSPS) is 10.6.